The van der Waals surface area contributed by atoms with Gasteiger partial charge in [0, 0.05) is 12.3 Å². The number of nitro groups is 1. The van der Waals surface area contributed by atoms with Crippen LogP contribution in [0.25, 0.3) is 22.8 Å². The summed E-state index contributed by atoms with van der Waals surface area (Å²) < 4.78 is 5.06. The van der Waals surface area contributed by atoms with Gasteiger partial charge in [0.1, 0.15) is 11.3 Å². The van der Waals surface area contributed by atoms with Gasteiger partial charge in [0.2, 0.25) is 5.82 Å². The molecule has 104 valence electrons. The first kappa shape index (κ1) is 12.7. The summed E-state index contributed by atoms with van der Waals surface area (Å²) in [6.45, 7) is 0. The maximum Gasteiger partial charge on any atom is 0.280 e. The van der Waals surface area contributed by atoms with Gasteiger partial charge in [-0.2, -0.15) is 4.98 Å². The lowest BCUT2D eigenvalue weighted by Crippen LogP contribution is -1.92. The molecule has 0 fully saturated rings. The molecule has 0 aliphatic rings. The number of nitro benzene ring substituents is 1. The number of hydrogen-bond donors (Lipinski definition) is 1. The minimum absolute atomic E-state index is 0.0436. The molecule has 8 nitrogen and oxygen atoms in total. The normalized spacial score (nSPS) is 10.5. The first-order valence-electron chi connectivity index (χ1n) is 5.87. The van der Waals surface area contributed by atoms with Crippen LogP contribution in [0, 0.1) is 10.1 Å². The highest BCUT2D eigenvalue weighted by Gasteiger charge is 2.19. The third-order valence-electron chi connectivity index (χ3n) is 2.74. The molecule has 0 bridgehead atoms. The molecule has 0 aliphatic carbocycles. The molecular weight excluding hydrogens is 276 g/mol. The van der Waals surface area contributed by atoms with Gasteiger partial charge in [-0.3, -0.25) is 15.1 Å². The van der Waals surface area contributed by atoms with E-state index >= 15 is 0 Å². The number of aromatic hydroxyl groups is 1. The number of nitrogens with zero attached hydrogens (tertiary/aromatic N) is 4. The molecule has 0 radical (unpaired) electrons. The quantitative estimate of drug-likeness (QED) is 0.579. The van der Waals surface area contributed by atoms with E-state index in [4.69, 9.17) is 4.52 Å². The van der Waals surface area contributed by atoms with Gasteiger partial charge in [-0.25, -0.2) is 0 Å². The zero-order valence-corrected chi connectivity index (χ0v) is 10.5. The zero-order valence-electron chi connectivity index (χ0n) is 10.5. The molecule has 3 aromatic rings. The first-order valence-corrected chi connectivity index (χ1v) is 5.87. The van der Waals surface area contributed by atoms with Crippen LogP contribution < -0.4 is 0 Å². The molecule has 0 atom stereocenters. The summed E-state index contributed by atoms with van der Waals surface area (Å²) in [6.07, 6.45) is 2.71. The van der Waals surface area contributed by atoms with Crippen LogP contribution in [0.15, 0.2) is 47.2 Å². The Kier molecular flexibility index (Phi) is 3.03. The molecule has 0 unspecified atom stereocenters. The van der Waals surface area contributed by atoms with E-state index in [9.17, 15) is 15.2 Å². The molecule has 0 saturated carbocycles. The SMILES string of the molecule is O=[N+]([O-])c1ccccc1-c1noc(-c2cncc(O)c2)n1. The minimum Gasteiger partial charge on any atom is -0.506 e. The average Bonchev–Trinajstić information content (AvgIpc) is 2.97. The summed E-state index contributed by atoms with van der Waals surface area (Å²) in [7, 11) is 0. The molecule has 21 heavy (non-hydrogen) atoms. The van der Waals surface area contributed by atoms with Crippen molar-refractivity contribution in [3.63, 3.8) is 0 Å². The Morgan fingerprint density at radius 3 is 2.81 bits per heavy atom. The van der Waals surface area contributed by atoms with Crippen molar-refractivity contribution in [2.75, 3.05) is 0 Å². The smallest absolute Gasteiger partial charge is 0.280 e. The van der Waals surface area contributed by atoms with Crippen LogP contribution in [0.5, 0.6) is 5.75 Å². The molecule has 2 aromatic heterocycles. The van der Waals surface area contributed by atoms with Crippen molar-refractivity contribution in [3.05, 3.63) is 52.8 Å². The fourth-order valence-corrected chi connectivity index (χ4v) is 1.82. The Labute approximate surface area is 117 Å². The van der Waals surface area contributed by atoms with Gasteiger partial charge in [0.25, 0.3) is 11.6 Å². The lowest BCUT2D eigenvalue weighted by atomic mass is 10.1. The van der Waals surface area contributed by atoms with E-state index in [2.05, 4.69) is 15.1 Å². The highest BCUT2D eigenvalue weighted by molar-refractivity contribution is 5.68. The molecule has 2 heterocycles. The van der Waals surface area contributed by atoms with Crippen molar-refractivity contribution in [3.8, 4) is 28.6 Å². The molecule has 0 amide bonds. The largest absolute Gasteiger partial charge is 0.506 e. The van der Waals surface area contributed by atoms with Crippen LogP contribution in [0.3, 0.4) is 0 Å². The summed E-state index contributed by atoms with van der Waals surface area (Å²) in [5, 5.41) is 24.1. The Balaban J connectivity index is 2.05. The van der Waals surface area contributed by atoms with Crippen molar-refractivity contribution in [1.29, 1.82) is 0 Å². The second-order valence-corrected chi connectivity index (χ2v) is 4.13. The monoisotopic (exact) mass is 284 g/mol. The Hall–Kier alpha value is -3.29. The van der Waals surface area contributed by atoms with Gasteiger partial charge >= 0.3 is 0 Å². The van der Waals surface area contributed by atoms with Gasteiger partial charge in [-0.1, -0.05) is 17.3 Å². The number of hydrogen-bond acceptors (Lipinski definition) is 7. The molecule has 1 N–H and O–H groups in total. The second-order valence-electron chi connectivity index (χ2n) is 4.13. The molecule has 0 saturated heterocycles. The molecule has 0 aliphatic heterocycles. The van der Waals surface area contributed by atoms with Crippen LogP contribution in [0.4, 0.5) is 5.69 Å². The van der Waals surface area contributed by atoms with E-state index in [-0.39, 0.29) is 28.7 Å². The average molecular weight is 284 g/mol. The van der Waals surface area contributed by atoms with Crippen molar-refractivity contribution in [1.82, 2.24) is 15.1 Å². The maximum atomic E-state index is 11.0. The van der Waals surface area contributed by atoms with Gasteiger partial charge < -0.3 is 9.63 Å². The van der Waals surface area contributed by atoms with Crippen molar-refractivity contribution in [2.45, 2.75) is 0 Å². The summed E-state index contributed by atoms with van der Waals surface area (Å²) >= 11 is 0. The Morgan fingerprint density at radius 1 is 1.24 bits per heavy atom. The third kappa shape index (κ3) is 2.41. The van der Waals surface area contributed by atoms with Crippen LogP contribution in [-0.4, -0.2) is 25.2 Å². The summed E-state index contributed by atoms with van der Waals surface area (Å²) in [5.74, 6) is 0.171. The molecular formula is C13H8N4O4. The summed E-state index contributed by atoms with van der Waals surface area (Å²) in [4.78, 5) is 18.4. The second kappa shape index (κ2) is 5.00. The van der Waals surface area contributed by atoms with Crippen molar-refractivity contribution in [2.24, 2.45) is 0 Å². The number of rotatable bonds is 3. The predicted molar refractivity (Wildman–Crippen MR) is 71.3 cm³/mol. The Morgan fingerprint density at radius 2 is 2.05 bits per heavy atom. The summed E-state index contributed by atoms with van der Waals surface area (Å²) in [6, 6.07) is 7.51. The standard InChI is InChI=1S/C13H8N4O4/c18-9-5-8(6-14-7-9)13-15-12(16-21-13)10-3-1-2-4-11(10)17(19)20/h1-7,18H. The van der Waals surface area contributed by atoms with E-state index in [1.54, 1.807) is 12.1 Å². The topological polar surface area (TPSA) is 115 Å². The number of pyridine rings is 1. The number of aromatic nitrogens is 3. The predicted octanol–water partition coefficient (Wildman–Crippen LogP) is 2.41. The van der Waals surface area contributed by atoms with Gasteiger partial charge in [-0.15, -0.1) is 0 Å². The van der Waals surface area contributed by atoms with Crippen molar-refractivity contribution < 1.29 is 14.6 Å². The van der Waals surface area contributed by atoms with Gasteiger partial charge in [-0.05, 0) is 12.1 Å². The fourth-order valence-electron chi connectivity index (χ4n) is 1.82. The minimum atomic E-state index is -0.513. The van der Waals surface area contributed by atoms with Crippen LogP contribution in [0.2, 0.25) is 0 Å². The molecule has 0 spiro atoms. The van der Waals surface area contributed by atoms with Crippen LogP contribution in [-0.2, 0) is 0 Å². The molecule has 3 rings (SSSR count). The zero-order chi connectivity index (χ0) is 14.8. The summed E-state index contributed by atoms with van der Waals surface area (Å²) in [5.41, 5.74) is 0.567. The number of benzene rings is 1. The maximum absolute atomic E-state index is 11.0. The molecule has 8 heteroatoms. The Bertz CT molecular complexity index is 815. The number of para-hydroxylation sites is 1. The van der Waals surface area contributed by atoms with Gasteiger partial charge in [0.05, 0.1) is 16.7 Å². The van der Waals surface area contributed by atoms with E-state index < -0.39 is 4.92 Å². The van der Waals surface area contributed by atoms with Gasteiger partial charge in [0.15, 0.2) is 0 Å². The lowest BCUT2D eigenvalue weighted by molar-refractivity contribution is -0.384. The van der Waals surface area contributed by atoms with E-state index in [1.165, 1.54) is 30.6 Å². The molecule has 1 aromatic carbocycles. The third-order valence-corrected chi connectivity index (χ3v) is 2.74. The van der Waals surface area contributed by atoms with E-state index in [0.717, 1.165) is 0 Å². The van der Waals surface area contributed by atoms with Crippen LogP contribution in [0.1, 0.15) is 0 Å². The fraction of sp³-hybridized carbons (Fsp3) is 0. The highest BCUT2D eigenvalue weighted by atomic mass is 16.6. The van der Waals surface area contributed by atoms with E-state index in [0.29, 0.717) is 5.56 Å². The van der Waals surface area contributed by atoms with E-state index in [1.807, 2.05) is 0 Å². The lowest BCUT2D eigenvalue weighted by Gasteiger charge is -1.96. The van der Waals surface area contributed by atoms with Crippen molar-refractivity contribution >= 4 is 5.69 Å². The highest BCUT2D eigenvalue weighted by Crippen LogP contribution is 2.29. The van der Waals surface area contributed by atoms with Crippen LogP contribution >= 0.6 is 0 Å². The first-order chi connectivity index (χ1) is 10.1.